The summed E-state index contributed by atoms with van der Waals surface area (Å²) >= 11 is 0. The summed E-state index contributed by atoms with van der Waals surface area (Å²) in [5, 5.41) is 0. The number of benzene rings is 1. The first-order chi connectivity index (χ1) is 8.63. The van der Waals surface area contributed by atoms with Gasteiger partial charge in [0.05, 0.1) is 6.54 Å². The van der Waals surface area contributed by atoms with Crippen molar-refractivity contribution < 1.29 is 4.79 Å². The van der Waals surface area contributed by atoms with Crippen LogP contribution in [0.1, 0.15) is 35.3 Å². The average Bonchev–Trinajstić information content (AvgIpc) is 2.39. The van der Waals surface area contributed by atoms with Gasteiger partial charge in [0.1, 0.15) is 0 Å². The van der Waals surface area contributed by atoms with Crippen molar-refractivity contribution in [1.82, 2.24) is 4.90 Å². The first-order valence-corrected chi connectivity index (χ1v) is 6.22. The third-order valence-electron chi connectivity index (χ3n) is 2.86. The number of aryl methyl sites for hydroxylation is 1. The van der Waals surface area contributed by atoms with E-state index in [1.807, 2.05) is 39.0 Å². The molecule has 0 bridgehead atoms. The van der Waals surface area contributed by atoms with Crippen molar-refractivity contribution in [3.8, 4) is 11.8 Å². The van der Waals surface area contributed by atoms with E-state index >= 15 is 0 Å². The fourth-order valence-corrected chi connectivity index (χ4v) is 1.73. The Hall–Kier alpha value is -1.79. The van der Waals surface area contributed by atoms with Gasteiger partial charge in [0, 0.05) is 24.2 Å². The molecular weight excluding hydrogens is 224 g/mol. The van der Waals surface area contributed by atoms with E-state index in [-0.39, 0.29) is 5.91 Å². The van der Waals surface area contributed by atoms with Gasteiger partial charge in [-0.1, -0.05) is 17.9 Å². The molecular formula is C15H20N2O. The molecule has 0 atom stereocenters. The zero-order chi connectivity index (χ0) is 13.5. The summed E-state index contributed by atoms with van der Waals surface area (Å²) in [5.74, 6) is 5.87. The number of nitrogens with two attached hydrogens (primary N) is 1. The van der Waals surface area contributed by atoms with Crippen molar-refractivity contribution in [1.29, 1.82) is 0 Å². The van der Waals surface area contributed by atoms with Gasteiger partial charge in [-0.2, -0.15) is 0 Å². The van der Waals surface area contributed by atoms with Crippen LogP contribution in [0, 0.1) is 18.8 Å². The maximum atomic E-state index is 12.2. The van der Waals surface area contributed by atoms with E-state index in [0.717, 1.165) is 11.1 Å². The molecule has 18 heavy (non-hydrogen) atoms. The summed E-state index contributed by atoms with van der Waals surface area (Å²) in [7, 11) is 0. The van der Waals surface area contributed by atoms with Crippen molar-refractivity contribution in [2.45, 2.75) is 20.8 Å². The highest BCUT2D eigenvalue weighted by molar-refractivity contribution is 5.94. The molecule has 96 valence electrons. The van der Waals surface area contributed by atoms with E-state index < -0.39 is 0 Å². The lowest BCUT2D eigenvalue weighted by Gasteiger charge is -2.18. The van der Waals surface area contributed by atoms with Gasteiger partial charge in [-0.15, -0.1) is 0 Å². The molecule has 1 rings (SSSR count). The van der Waals surface area contributed by atoms with Crippen LogP contribution in [0.2, 0.25) is 0 Å². The van der Waals surface area contributed by atoms with Crippen LogP contribution in [0.3, 0.4) is 0 Å². The van der Waals surface area contributed by atoms with Gasteiger partial charge in [-0.25, -0.2) is 0 Å². The third-order valence-corrected chi connectivity index (χ3v) is 2.86. The van der Waals surface area contributed by atoms with Gasteiger partial charge in [0.25, 0.3) is 5.91 Å². The van der Waals surface area contributed by atoms with Gasteiger partial charge in [-0.05, 0) is 38.5 Å². The second-order valence-electron chi connectivity index (χ2n) is 4.01. The number of hydrogen-bond donors (Lipinski definition) is 1. The Morgan fingerprint density at radius 2 is 2.00 bits per heavy atom. The molecule has 0 aliphatic rings. The van der Waals surface area contributed by atoms with E-state index in [1.54, 1.807) is 4.90 Å². The Bertz CT molecular complexity index is 479. The number of carbonyl (C=O) groups excluding carboxylic acids is 1. The summed E-state index contributed by atoms with van der Waals surface area (Å²) in [5.41, 5.74) is 7.99. The molecule has 1 aromatic rings. The van der Waals surface area contributed by atoms with Crippen molar-refractivity contribution >= 4 is 5.91 Å². The van der Waals surface area contributed by atoms with Crippen LogP contribution in [0.25, 0.3) is 0 Å². The molecule has 3 nitrogen and oxygen atoms in total. The number of rotatable bonds is 3. The molecule has 0 aliphatic carbocycles. The maximum Gasteiger partial charge on any atom is 0.253 e. The van der Waals surface area contributed by atoms with Crippen molar-refractivity contribution in [3.05, 3.63) is 34.9 Å². The SMILES string of the molecule is CCN(CC)C(=O)c1ccc(C)c(C#CCN)c1. The standard InChI is InChI=1S/C15H20N2O/c1-4-17(5-2)15(18)14-9-8-12(3)13(11-14)7-6-10-16/h8-9,11H,4-5,10,16H2,1-3H3. The van der Waals surface area contributed by atoms with Gasteiger partial charge >= 0.3 is 0 Å². The summed E-state index contributed by atoms with van der Waals surface area (Å²) in [4.78, 5) is 14.0. The largest absolute Gasteiger partial charge is 0.339 e. The zero-order valence-electron chi connectivity index (χ0n) is 11.3. The minimum Gasteiger partial charge on any atom is -0.339 e. The average molecular weight is 244 g/mol. The Kier molecular flexibility index (Phi) is 5.41. The molecule has 1 aromatic carbocycles. The van der Waals surface area contributed by atoms with Gasteiger partial charge in [0.15, 0.2) is 0 Å². The van der Waals surface area contributed by atoms with E-state index in [1.165, 1.54) is 0 Å². The molecule has 0 spiro atoms. The molecule has 0 saturated heterocycles. The van der Waals surface area contributed by atoms with E-state index in [2.05, 4.69) is 11.8 Å². The molecule has 3 heteroatoms. The summed E-state index contributed by atoms with van der Waals surface area (Å²) in [6, 6.07) is 5.62. The van der Waals surface area contributed by atoms with Crippen molar-refractivity contribution in [2.24, 2.45) is 5.73 Å². The lowest BCUT2D eigenvalue weighted by molar-refractivity contribution is 0.0773. The van der Waals surface area contributed by atoms with Crippen LogP contribution in [0.15, 0.2) is 18.2 Å². The van der Waals surface area contributed by atoms with Crippen LogP contribution >= 0.6 is 0 Å². The van der Waals surface area contributed by atoms with Crippen LogP contribution in [0.5, 0.6) is 0 Å². The molecule has 0 radical (unpaired) electrons. The molecule has 0 aliphatic heterocycles. The molecule has 0 aromatic heterocycles. The summed E-state index contributed by atoms with van der Waals surface area (Å²) < 4.78 is 0. The topological polar surface area (TPSA) is 46.3 Å². The third kappa shape index (κ3) is 3.35. The van der Waals surface area contributed by atoms with Gasteiger partial charge in [0.2, 0.25) is 0 Å². The Labute approximate surface area is 109 Å². The number of amides is 1. The van der Waals surface area contributed by atoms with Crippen molar-refractivity contribution in [3.63, 3.8) is 0 Å². The molecule has 0 saturated carbocycles. The fraction of sp³-hybridized carbons (Fsp3) is 0.400. The Balaban J connectivity index is 3.08. The highest BCUT2D eigenvalue weighted by Gasteiger charge is 2.12. The second-order valence-corrected chi connectivity index (χ2v) is 4.01. The van der Waals surface area contributed by atoms with E-state index in [4.69, 9.17) is 5.73 Å². The number of carbonyl (C=O) groups is 1. The quantitative estimate of drug-likeness (QED) is 0.824. The molecule has 0 fully saturated rings. The predicted molar refractivity (Wildman–Crippen MR) is 74.4 cm³/mol. The lowest BCUT2D eigenvalue weighted by atomic mass is 10.0. The molecule has 0 unspecified atom stereocenters. The second kappa shape index (κ2) is 6.83. The zero-order valence-corrected chi connectivity index (χ0v) is 11.3. The number of hydrogen-bond acceptors (Lipinski definition) is 2. The summed E-state index contributed by atoms with van der Waals surface area (Å²) in [6.45, 7) is 7.69. The monoisotopic (exact) mass is 244 g/mol. The van der Waals surface area contributed by atoms with Crippen LogP contribution in [-0.2, 0) is 0 Å². The molecule has 2 N–H and O–H groups in total. The van der Waals surface area contributed by atoms with E-state index in [0.29, 0.717) is 25.2 Å². The van der Waals surface area contributed by atoms with Gasteiger partial charge in [-0.3, -0.25) is 4.79 Å². The smallest absolute Gasteiger partial charge is 0.253 e. The van der Waals surface area contributed by atoms with Crippen LogP contribution in [0.4, 0.5) is 0 Å². The van der Waals surface area contributed by atoms with Crippen LogP contribution in [-0.4, -0.2) is 30.4 Å². The normalized spacial score (nSPS) is 9.56. The predicted octanol–water partition coefficient (Wildman–Crippen LogP) is 1.79. The summed E-state index contributed by atoms with van der Waals surface area (Å²) in [6.07, 6.45) is 0. The first kappa shape index (κ1) is 14.3. The Morgan fingerprint density at radius 1 is 1.33 bits per heavy atom. The first-order valence-electron chi connectivity index (χ1n) is 6.22. The van der Waals surface area contributed by atoms with E-state index in [9.17, 15) is 4.79 Å². The number of nitrogens with zero attached hydrogens (tertiary/aromatic N) is 1. The fourth-order valence-electron chi connectivity index (χ4n) is 1.73. The lowest BCUT2D eigenvalue weighted by Crippen LogP contribution is -2.30. The molecule has 0 heterocycles. The highest BCUT2D eigenvalue weighted by atomic mass is 16.2. The highest BCUT2D eigenvalue weighted by Crippen LogP contribution is 2.12. The minimum atomic E-state index is 0.0517. The van der Waals surface area contributed by atoms with Crippen LogP contribution < -0.4 is 5.73 Å². The van der Waals surface area contributed by atoms with Gasteiger partial charge < -0.3 is 10.6 Å². The Morgan fingerprint density at radius 3 is 2.56 bits per heavy atom. The maximum absolute atomic E-state index is 12.2. The van der Waals surface area contributed by atoms with Crippen molar-refractivity contribution in [2.75, 3.05) is 19.6 Å². The minimum absolute atomic E-state index is 0.0517. The molecule has 1 amide bonds.